The molecule has 3 fully saturated rings. The molecule has 2 saturated carbocycles. The van der Waals surface area contributed by atoms with Crippen molar-refractivity contribution in [3.05, 3.63) is 81.9 Å². The molecule has 1 aliphatic heterocycles. The van der Waals surface area contributed by atoms with Crippen molar-refractivity contribution >= 4 is 57.8 Å². The fourth-order valence-electron chi connectivity index (χ4n) is 9.27. The molecule has 1 saturated heterocycles. The molecular formula is C43H46F4N10O4S. The lowest BCUT2D eigenvalue weighted by Crippen LogP contribution is -2.61. The third kappa shape index (κ3) is 8.06. The van der Waals surface area contributed by atoms with Crippen molar-refractivity contribution in [3.8, 4) is 17.6 Å². The Morgan fingerprint density at radius 3 is 2.55 bits per heavy atom. The molecule has 2 N–H and O–H groups in total. The summed E-state index contributed by atoms with van der Waals surface area (Å²) in [6, 6.07) is 11.9. The van der Waals surface area contributed by atoms with Crippen LogP contribution in [0.4, 0.5) is 29.1 Å². The molecule has 62 heavy (non-hydrogen) atoms. The number of piperidine rings is 1. The second-order valence-corrected chi connectivity index (χ2v) is 17.7. The number of carbonyl (C=O) groups is 2. The number of hydrogen-bond donors (Lipinski definition) is 2. The number of ether oxygens (including phenoxy) is 1. The van der Waals surface area contributed by atoms with Gasteiger partial charge in [0.1, 0.15) is 23.2 Å². The highest BCUT2D eigenvalue weighted by Gasteiger charge is 2.57. The zero-order valence-corrected chi connectivity index (χ0v) is 35.4. The number of anilines is 2. The third-order valence-corrected chi connectivity index (χ3v) is 13.6. The van der Waals surface area contributed by atoms with Gasteiger partial charge in [-0.1, -0.05) is 6.92 Å². The van der Waals surface area contributed by atoms with Crippen molar-refractivity contribution in [1.29, 1.82) is 5.26 Å². The van der Waals surface area contributed by atoms with E-state index in [-0.39, 0.29) is 70.5 Å². The van der Waals surface area contributed by atoms with Crippen LogP contribution in [0.5, 0.6) is 11.5 Å². The van der Waals surface area contributed by atoms with Crippen LogP contribution in [-0.2, 0) is 16.6 Å². The highest BCUT2D eigenvalue weighted by molar-refractivity contribution is 7.98. The van der Waals surface area contributed by atoms with E-state index in [4.69, 9.17) is 4.74 Å². The van der Waals surface area contributed by atoms with E-state index in [2.05, 4.69) is 20.1 Å². The Morgan fingerprint density at radius 1 is 1.08 bits per heavy atom. The van der Waals surface area contributed by atoms with Crippen LogP contribution in [0.15, 0.2) is 53.6 Å². The molecule has 19 heteroatoms. The van der Waals surface area contributed by atoms with Gasteiger partial charge in [-0.05, 0) is 99.1 Å². The van der Waals surface area contributed by atoms with E-state index in [1.807, 2.05) is 29.2 Å². The number of alkyl halides is 2. The number of benzene rings is 3. The monoisotopic (exact) mass is 874 g/mol. The summed E-state index contributed by atoms with van der Waals surface area (Å²) < 4.78 is 76.8. The van der Waals surface area contributed by atoms with E-state index in [0.29, 0.717) is 66.6 Å². The number of likely N-dealkylation sites (tertiary alicyclic amines) is 1. The summed E-state index contributed by atoms with van der Waals surface area (Å²) in [5.41, 5.74) is 0.867. The molecular weight excluding hydrogens is 829 g/mol. The summed E-state index contributed by atoms with van der Waals surface area (Å²) in [6.45, 7) is 2.79. The number of imide groups is 1. The predicted octanol–water partition coefficient (Wildman–Crippen LogP) is 6.86. The van der Waals surface area contributed by atoms with E-state index in [9.17, 15) is 19.6 Å². The first-order valence-corrected chi connectivity index (χ1v) is 21.2. The van der Waals surface area contributed by atoms with Gasteiger partial charge in [0.2, 0.25) is 12.3 Å². The van der Waals surface area contributed by atoms with Gasteiger partial charge in [0.05, 0.1) is 40.9 Å². The highest BCUT2D eigenvalue weighted by Crippen LogP contribution is 2.62. The molecule has 3 aromatic carbocycles. The van der Waals surface area contributed by atoms with Crippen molar-refractivity contribution in [2.75, 3.05) is 49.9 Å². The summed E-state index contributed by atoms with van der Waals surface area (Å²) in [5, 5.41) is 17.2. The maximum Gasteiger partial charge on any atom is 0.267 e. The highest BCUT2D eigenvalue weighted by atomic mass is 32.2. The van der Waals surface area contributed by atoms with Crippen molar-refractivity contribution in [3.63, 3.8) is 0 Å². The van der Waals surface area contributed by atoms with Crippen molar-refractivity contribution < 1.29 is 31.9 Å². The predicted molar refractivity (Wildman–Crippen MR) is 227 cm³/mol. The summed E-state index contributed by atoms with van der Waals surface area (Å²) in [4.78, 5) is 44.2. The van der Waals surface area contributed by atoms with Crippen LogP contribution in [0.2, 0.25) is 0 Å². The average molecular weight is 875 g/mol. The van der Waals surface area contributed by atoms with Crippen LogP contribution in [-0.4, -0.2) is 93.1 Å². The van der Waals surface area contributed by atoms with Gasteiger partial charge >= 0.3 is 0 Å². The Balaban J connectivity index is 0.900. The number of carbonyl (C=O) groups excluding carboxylic acids is 2. The number of halogens is 4. The molecule has 0 radical (unpaired) electrons. The van der Waals surface area contributed by atoms with Gasteiger partial charge in [0.25, 0.3) is 11.5 Å². The van der Waals surface area contributed by atoms with Gasteiger partial charge in [-0.15, -0.1) is 0 Å². The number of nitriles is 1. The number of aromatic nitrogens is 4. The lowest BCUT2D eigenvalue weighted by atomic mass is 9.51. The lowest BCUT2D eigenvalue weighted by molar-refractivity contribution is -0.139. The van der Waals surface area contributed by atoms with Gasteiger partial charge < -0.3 is 14.4 Å². The zero-order chi connectivity index (χ0) is 44.1. The molecule has 3 aliphatic rings. The van der Waals surface area contributed by atoms with E-state index in [0.717, 1.165) is 6.54 Å². The van der Waals surface area contributed by atoms with Crippen molar-refractivity contribution in [2.24, 2.45) is 12.5 Å². The zero-order valence-electron chi connectivity index (χ0n) is 34.6. The normalized spacial score (nSPS) is 22.0. The minimum atomic E-state index is -3.19. The summed E-state index contributed by atoms with van der Waals surface area (Å²) in [5.74, 6) is -6.16. The minimum Gasteiger partial charge on any atom is -0.453 e. The number of aryl methyl sites for hydroxylation is 1. The second-order valence-electron chi connectivity index (χ2n) is 16.7. The van der Waals surface area contributed by atoms with E-state index < -0.39 is 35.9 Å². The number of amides is 2. The molecule has 8 rings (SSSR count). The molecule has 2 aromatic heterocycles. The third-order valence-electron chi connectivity index (χ3n) is 12.7. The Bertz CT molecular complexity index is 2660. The molecule has 3 heterocycles. The van der Waals surface area contributed by atoms with Crippen LogP contribution >= 0.6 is 12.1 Å². The smallest absolute Gasteiger partial charge is 0.267 e. The molecule has 2 aliphatic carbocycles. The van der Waals surface area contributed by atoms with Gasteiger partial charge in [-0.25, -0.2) is 26.9 Å². The summed E-state index contributed by atoms with van der Waals surface area (Å²) in [7, 11) is 5.20. The van der Waals surface area contributed by atoms with Crippen LogP contribution in [0, 0.1) is 28.4 Å². The average Bonchev–Trinajstić information content (AvgIpc) is 3.53. The topological polar surface area (TPSA) is 154 Å². The van der Waals surface area contributed by atoms with Crippen LogP contribution < -0.4 is 25.2 Å². The molecule has 1 unspecified atom stereocenters. The van der Waals surface area contributed by atoms with Gasteiger partial charge in [0.15, 0.2) is 17.4 Å². The first kappa shape index (κ1) is 43.0. The Morgan fingerprint density at radius 2 is 1.84 bits per heavy atom. The first-order chi connectivity index (χ1) is 29.6. The molecule has 14 nitrogen and oxygen atoms in total. The maximum atomic E-state index is 16.0. The fraction of sp³-hybridized carbons (Fsp3) is 0.442. The number of nitrogens with one attached hydrogen (secondary N) is 2. The first-order valence-electron chi connectivity index (χ1n) is 20.4. The number of rotatable bonds is 14. The van der Waals surface area contributed by atoms with Gasteiger partial charge in [-0.3, -0.25) is 33.8 Å². The number of hydrogen-bond acceptors (Lipinski definition) is 12. The summed E-state index contributed by atoms with van der Waals surface area (Å²) >= 11 is 1.25. The largest absolute Gasteiger partial charge is 0.453 e. The van der Waals surface area contributed by atoms with E-state index in [1.165, 1.54) is 53.5 Å². The molecule has 1 spiro atoms. The van der Waals surface area contributed by atoms with Crippen LogP contribution in [0.1, 0.15) is 68.5 Å². The van der Waals surface area contributed by atoms with Crippen molar-refractivity contribution in [1.82, 2.24) is 33.9 Å². The Labute approximate surface area is 359 Å². The number of fused-ring (bicyclic) bond motifs is 2. The molecule has 326 valence electrons. The molecule has 5 aromatic rings. The molecule has 2 amide bonds. The van der Waals surface area contributed by atoms with E-state index >= 15 is 17.6 Å². The van der Waals surface area contributed by atoms with Gasteiger partial charge in [-0.2, -0.15) is 10.4 Å². The maximum absolute atomic E-state index is 16.0. The number of nitrogens with zero attached hydrogens (tertiary/aromatic N) is 8. The Kier molecular flexibility index (Phi) is 11.7. The van der Waals surface area contributed by atoms with E-state index in [1.54, 1.807) is 35.7 Å². The molecule has 1 atom stereocenters. The SMILES string of the molecule is CCN(C)SNc1ccc(F)c(Oc2ccc3ncn(C4CC5(CC(N6CCC(c7cc8c(cc7F)c(N(C)CCC(=O)NC=O)nn8C)C(F)(F)C6)C5)C4)c(=O)c3c2)c1C#N. The fourth-order valence-corrected chi connectivity index (χ4v) is 9.82. The molecule has 0 bridgehead atoms. The van der Waals surface area contributed by atoms with Gasteiger partial charge in [0, 0.05) is 63.2 Å². The lowest BCUT2D eigenvalue weighted by Gasteiger charge is -2.61. The van der Waals surface area contributed by atoms with Crippen LogP contribution in [0.25, 0.3) is 21.8 Å². The standard InChI is InChI=1S/C43H46F4N10O4S/c1-5-54(3)62-52-36-9-7-33(44)39(31(36)21-48)61-27-6-8-35-29(14-27)41(60)57(23-49-35)26-19-42(20-26)17-25(18-42)56-13-10-32(43(46,47)22-56)28-16-37-30(15-34(28)45)40(51-55(37)4)53(2)12-11-38(59)50-24-58/h6-9,14-16,23-26,32,52H,5,10-13,17-20,22H2,1-4H3,(H,50,58,59). The minimum absolute atomic E-state index is 0.00476. The van der Waals surface area contributed by atoms with Crippen molar-refractivity contribution in [2.45, 2.75) is 69.4 Å². The second kappa shape index (κ2) is 16.9. The Hall–Kier alpha value is -5.71. The van der Waals surface area contributed by atoms with Crippen LogP contribution in [0.3, 0.4) is 0 Å². The summed E-state index contributed by atoms with van der Waals surface area (Å²) in [6.07, 6.45) is 4.73. The quantitative estimate of drug-likeness (QED) is 0.0681.